The molecule has 13 aromatic rings. The Labute approximate surface area is 365 Å². The zero-order chi connectivity index (χ0) is 41.4. The molecule has 0 radical (unpaired) electrons. The fourth-order valence-corrected chi connectivity index (χ4v) is 10.6. The van der Waals surface area contributed by atoms with Gasteiger partial charge in [0.05, 0.1) is 11.0 Å². The monoisotopic (exact) mass is 822 g/mol. The average Bonchev–Trinajstić information content (AvgIpc) is 4.04. The molecule has 0 amide bonds. The Morgan fingerprint density at radius 1 is 0.365 bits per heavy atom. The molecule has 0 spiro atoms. The van der Waals surface area contributed by atoms with Gasteiger partial charge in [0.15, 0.2) is 11.6 Å². The maximum atomic E-state index is 6.36. The molecule has 0 aliphatic rings. The molecule has 63 heavy (non-hydrogen) atoms. The summed E-state index contributed by atoms with van der Waals surface area (Å²) < 4.78 is 11.2. The second-order valence-electron chi connectivity index (χ2n) is 16.0. The van der Waals surface area contributed by atoms with Crippen LogP contribution in [0.3, 0.4) is 0 Å². The van der Waals surface area contributed by atoms with Gasteiger partial charge < -0.3 is 4.42 Å². The first-order chi connectivity index (χ1) is 31.2. The Morgan fingerprint density at radius 2 is 0.984 bits per heavy atom. The van der Waals surface area contributed by atoms with E-state index >= 15 is 0 Å². The largest absolute Gasteiger partial charge is 0.456 e. The molecule has 4 heterocycles. The van der Waals surface area contributed by atoms with E-state index in [0.29, 0.717) is 17.6 Å². The highest BCUT2D eigenvalue weighted by molar-refractivity contribution is 7.26. The topological polar surface area (TPSA) is 56.7 Å². The molecular weight excluding hydrogens is 789 g/mol. The number of rotatable bonds is 6. The van der Waals surface area contributed by atoms with Gasteiger partial charge in [-0.05, 0) is 70.3 Å². The third kappa shape index (κ3) is 5.80. The van der Waals surface area contributed by atoms with Gasteiger partial charge in [-0.1, -0.05) is 164 Å². The number of fused-ring (bicyclic) bond motifs is 9. The highest BCUT2D eigenvalue weighted by Crippen LogP contribution is 2.43. The third-order valence-electron chi connectivity index (χ3n) is 12.3. The van der Waals surface area contributed by atoms with Gasteiger partial charge in [0.1, 0.15) is 11.2 Å². The second-order valence-corrected chi connectivity index (χ2v) is 17.0. The van der Waals surface area contributed by atoms with Gasteiger partial charge in [-0.15, -0.1) is 11.3 Å². The van der Waals surface area contributed by atoms with E-state index in [-0.39, 0.29) is 0 Å². The molecule has 13 rings (SSSR count). The van der Waals surface area contributed by atoms with Crippen LogP contribution in [0.25, 0.3) is 126 Å². The Hall–Kier alpha value is -8.19. The van der Waals surface area contributed by atoms with Crippen LogP contribution in [-0.2, 0) is 0 Å². The molecule has 0 saturated heterocycles. The number of para-hydroxylation sites is 2. The molecule has 4 aromatic heterocycles. The molecule has 294 valence electrons. The molecule has 6 heteroatoms. The van der Waals surface area contributed by atoms with Crippen LogP contribution < -0.4 is 0 Å². The lowest BCUT2D eigenvalue weighted by atomic mass is 9.96. The molecule has 9 aromatic carbocycles. The van der Waals surface area contributed by atoms with E-state index in [1.54, 1.807) is 0 Å². The number of furan rings is 1. The van der Waals surface area contributed by atoms with E-state index in [1.165, 1.54) is 31.3 Å². The lowest BCUT2D eigenvalue weighted by Crippen LogP contribution is -2.07. The SMILES string of the molecule is c1ccc(-c2ccc3c(c2)c2cccc(-c4cccc(-c5cccc6c5sc5ccccc56)c4)c2n3-c2nc(-c3ccccc3)nc(-c3ccc4c(c3)oc3ccccc34)n2)cc1. The molecule has 0 bridgehead atoms. The third-order valence-corrected chi connectivity index (χ3v) is 13.5. The summed E-state index contributed by atoms with van der Waals surface area (Å²) >= 11 is 1.86. The Bertz CT molecular complexity index is 3920. The van der Waals surface area contributed by atoms with Gasteiger partial charge in [-0.3, -0.25) is 4.57 Å². The standard InChI is InChI=1S/C57H34N4OS/c1-3-14-35(15-4-1)37-29-31-49-48(33-37)46-24-12-22-41(38-18-11-19-39(32-38)42-23-13-25-47-45-21-8-10-27-52(45)63-54(42)47)53(46)61(49)57-59-55(36-16-5-2-6-17-36)58-56(60-57)40-28-30-44-43-20-7-9-26-50(43)62-51(44)34-40/h1-34H. The van der Waals surface area contributed by atoms with Crippen molar-refractivity contribution in [1.82, 2.24) is 19.5 Å². The Kier molecular flexibility index (Phi) is 8.01. The summed E-state index contributed by atoms with van der Waals surface area (Å²) in [5.74, 6) is 1.69. The van der Waals surface area contributed by atoms with E-state index in [1.807, 2.05) is 47.7 Å². The molecule has 0 N–H and O–H groups in total. The summed E-state index contributed by atoms with van der Waals surface area (Å²) in [6.45, 7) is 0. The quantitative estimate of drug-likeness (QED) is 0.168. The predicted molar refractivity (Wildman–Crippen MR) is 262 cm³/mol. The van der Waals surface area contributed by atoms with Gasteiger partial charge in [0.2, 0.25) is 5.95 Å². The number of nitrogens with zero attached hydrogens (tertiary/aromatic N) is 4. The normalized spacial score (nSPS) is 11.8. The van der Waals surface area contributed by atoms with Crippen LogP contribution in [0.5, 0.6) is 0 Å². The lowest BCUT2D eigenvalue weighted by molar-refractivity contribution is 0.669. The first-order valence-electron chi connectivity index (χ1n) is 21.1. The minimum atomic E-state index is 0.537. The number of benzene rings is 9. The molecule has 0 fully saturated rings. The summed E-state index contributed by atoms with van der Waals surface area (Å²) in [6, 6.07) is 72.8. The maximum absolute atomic E-state index is 6.36. The van der Waals surface area contributed by atoms with Crippen molar-refractivity contribution in [3.63, 3.8) is 0 Å². The molecule has 0 aliphatic heterocycles. The van der Waals surface area contributed by atoms with E-state index in [9.17, 15) is 0 Å². The van der Waals surface area contributed by atoms with E-state index < -0.39 is 0 Å². The maximum Gasteiger partial charge on any atom is 0.238 e. The van der Waals surface area contributed by atoms with Crippen LogP contribution in [0.2, 0.25) is 0 Å². The predicted octanol–water partition coefficient (Wildman–Crippen LogP) is 15.6. The van der Waals surface area contributed by atoms with Gasteiger partial charge in [0, 0.05) is 58.4 Å². The minimum absolute atomic E-state index is 0.537. The van der Waals surface area contributed by atoms with Gasteiger partial charge in [-0.25, -0.2) is 4.98 Å². The number of thiophene rings is 1. The zero-order valence-corrected chi connectivity index (χ0v) is 34.6. The van der Waals surface area contributed by atoms with Gasteiger partial charge in [0.25, 0.3) is 0 Å². The van der Waals surface area contributed by atoms with E-state index in [4.69, 9.17) is 19.4 Å². The molecule has 0 atom stereocenters. The Balaban J connectivity index is 1.07. The fraction of sp³-hybridized carbons (Fsp3) is 0. The molecule has 0 unspecified atom stereocenters. The Morgan fingerprint density at radius 3 is 1.83 bits per heavy atom. The van der Waals surface area contributed by atoms with Gasteiger partial charge in [-0.2, -0.15) is 9.97 Å². The second kappa shape index (κ2) is 14.2. The smallest absolute Gasteiger partial charge is 0.238 e. The number of aromatic nitrogens is 4. The molecule has 5 nitrogen and oxygen atoms in total. The summed E-state index contributed by atoms with van der Waals surface area (Å²) in [6.07, 6.45) is 0. The summed E-state index contributed by atoms with van der Waals surface area (Å²) in [7, 11) is 0. The van der Waals surface area contributed by atoms with E-state index in [0.717, 1.165) is 77.1 Å². The average molecular weight is 823 g/mol. The first kappa shape index (κ1) is 35.6. The molecule has 0 aliphatic carbocycles. The molecule has 0 saturated carbocycles. The van der Waals surface area contributed by atoms with Crippen molar-refractivity contribution < 1.29 is 4.42 Å². The summed E-state index contributed by atoms with van der Waals surface area (Å²) in [5.41, 5.74) is 12.3. The van der Waals surface area contributed by atoms with Crippen LogP contribution in [0.1, 0.15) is 0 Å². The van der Waals surface area contributed by atoms with Crippen molar-refractivity contribution in [2.24, 2.45) is 0 Å². The lowest BCUT2D eigenvalue weighted by Gasteiger charge is -2.14. The van der Waals surface area contributed by atoms with Gasteiger partial charge >= 0.3 is 0 Å². The zero-order valence-electron chi connectivity index (χ0n) is 33.7. The minimum Gasteiger partial charge on any atom is -0.456 e. The first-order valence-corrected chi connectivity index (χ1v) is 21.9. The fourth-order valence-electron chi connectivity index (χ4n) is 9.32. The number of hydrogen-bond acceptors (Lipinski definition) is 5. The van der Waals surface area contributed by atoms with Crippen molar-refractivity contribution in [3.05, 3.63) is 206 Å². The molecular formula is C57H34N4OS. The summed E-state index contributed by atoms with van der Waals surface area (Å²) in [5, 5.41) is 6.95. The van der Waals surface area contributed by atoms with Crippen molar-refractivity contribution in [1.29, 1.82) is 0 Å². The van der Waals surface area contributed by atoms with Crippen molar-refractivity contribution in [2.45, 2.75) is 0 Å². The van der Waals surface area contributed by atoms with Crippen LogP contribution in [0.4, 0.5) is 0 Å². The summed E-state index contributed by atoms with van der Waals surface area (Å²) in [4.78, 5) is 15.8. The number of hydrogen-bond donors (Lipinski definition) is 0. The van der Waals surface area contributed by atoms with Crippen molar-refractivity contribution >= 4 is 75.3 Å². The highest BCUT2D eigenvalue weighted by Gasteiger charge is 2.22. The van der Waals surface area contributed by atoms with Crippen molar-refractivity contribution in [3.8, 4) is 62.1 Å². The van der Waals surface area contributed by atoms with Crippen LogP contribution in [0, 0.1) is 0 Å². The van der Waals surface area contributed by atoms with Crippen LogP contribution >= 0.6 is 11.3 Å². The van der Waals surface area contributed by atoms with E-state index in [2.05, 4.69) is 174 Å². The van der Waals surface area contributed by atoms with Crippen LogP contribution in [-0.4, -0.2) is 19.5 Å². The highest BCUT2D eigenvalue weighted by atomic mass is 32.1. The van der Waals surface area contributed by atoms with Crippen molar-refractivity contribution in [2.75, 3.05) is 0 Å². The van der Waals surface area contributed by atoms with Crippen LogP contribution in [0.15, 0.2) is 211 Å².